The molecule has 1 aliphatic rings. The molecule has 0 aromatic carbocycles. The maximum atomic E-state index is 11.9. The third-order valence-electron chi connectivity index (χ3n) is 3.07. The molecular weight excluding hydrogens is 325 g/mol. The van der Waals surface area contributed by atoms with Gasteiger partial charge in [0, 0.05) is 25.2 Å². The fourth-order valence-electron chi connectivity index (χ4n) is 2.19. The van der Waals surface area contributed by atoms with E-state index in [4.69, 9.17) is 39.5 Å². The van der Waals surface area contributed by atoms with E-state index in [0.29, 0.717) is 13.1 Å². The van der Waals surface area contributed by atoms with Gasteiger partial charge in [-0.1, -0.05) is 41.7 Å². The molecule has 0 spiro atoms. The van der Waals surface area contributed by atoms with Gasteiger partial charge in [0.25, 0.3) is 0 Å². The minimum absolute atomic E-state index is 0.260. The molecule has 2 rings (SSSR count). The highest BCUT2D eigenvalue weighted by Gasteiger charge is 2.28. The molecule has 8 heteroatoms. The van der Waals surface area contributed by atoms with Gasteiger partial charge in [-0.15, -0.1) is 0 Å². The second-order valence-electron chi connectivity index (χ2n) is 4.67. The number of ether oxygens (including phenoxy) is 1. The minimum atomic E-state index is -1.58. The predicted molar refractivity (Wildman–Crippen MR) is 78.3 cm³/mol. The first-order chi connectivity index (χ1) is 9.40. The second kappa shape index (κ2) is 6.41. The van der Waals surface area contributed by atoms with E-state index in [1.807, 2.05) is 6.33 Å². The standard InChI is InChI=1S/C12H16Cl3N3O2/c1-2-4-18-8-16-9-6-17(5-3-10(9)18)11(19)20-7-12(13,14)15/h8H,2-7H2,1H3. The van der Waals surface area contributed by atoms with Crippen LogP contribution in [-0.4, -0.2) is 37.5 Å². The lowest BCUT2D eigenvalue weighted by Crippen LogP contribution is -2.38. The number of aryl methyl sites for hydroxylation is 1. The average molecular weight is 341 g/mol. The number of imidazole rings is 1. The first kappa shape index (κ1) is 15.7. The van der Waals surface area contributed by atoms with E-state index in [1.165, 1.54) is 5.69 Å². The van der Waals surface area contributed by atoms with E-state index in [1.54, 1.807) is 4.90 Å². The molecule has 20 heavy (non-hydrogen) atoms. The summed E-state index contributed by atoms with van der Waals surface area (Å²) in [6.07, 6.45) is 3.16. The van der Waals surface area contributed by atoms with Crippen molar-refractivity contribution in [3.05, 3.63) is 17.7 Å². The Labute approximate surface area is 132 Å². The topological polar surface area (TPSA) is 47.4 Å². The predicted octanol–water partition coefficient (Wildman–Crippen LogP) is 3.16. The number of amides is 1. The molecule has 0 unspecified atom stereocenters. The summed E-state index contributed by atoms with van der Waals surface area (Å²) in [4.78, 5) is 17.8. The Kier molecular flexibility index (Phi) is 5.04. The third-order valence-corrected chi connectivity index (χ3v) is 3.40. The SMILES string of the molecule is CCCn1cnc2c1CCN(C(=O)OCC(Cl)(Cl)Cl)C2. The summed E-state index contributed by atoms with van der Waals surface area (Å²) in [7, 11) is 0. The number of aromatic nitrogens is 2. The zero-order chi connectivity index (χ0) is 14.8. The van der Waals surface area contributed by atoms with Gasteiger partial charge in [0.1, 0.15) is 6.61 Å². The van der Waals surface area contributed by atoms with Crippen molar-refractivity contribution in [3.8, 4) is 0 Å². The number of nitrogens with zero attached hydrogens (tertiary/aromatic N) is 3. The Morgan fingerprint density at radius 1 is 1.50 bits per heavy atom. The van der Waals surface area contributed by atoms with Gasteiger partial charge in [0.2, 0.25) is 3.79 Å². The molecule has 0 radical (unpaired) electrons. The molecule has 0 fully saturated rings. The van der Waals surface area contributed by atoms with Crippen LogP contribution in [-0.2, 0) is 24.2 Å². The number of carbonyl (C=O) groups excluding carboxylic acids is 1. The van der Waals surface area contributed by atoms with E-state index in [-0.39, 0.29) is 6.61 Å². The monoisotopic (exact) mass is 339 g/mol. The fraction of sp³-hybridized carbons (Fsp3) is 0.667. The summed E-state index contributed by atoms with van der Waals surface area (Å²) in [5.41, 5.74) is 2.10. The molecule has 112 valence electrons. The Bertz CT molecular complexity index is 485. The highest BCUT2D eigenvalue weighted by Crippen LogP contribution is 2.26. The van der Waals surface area contributed by atoms with Crippen LogP contribution in [0.25, 0.3) is 0 Å². The van der Waals surface area contributed by atoms with E-state index < -0.39 is 9.89 Å². The number of hydrogen-bond donors (Lipinski definition) is 0. The molecule has 0 saturated heterocycles. The smallest absolute Gasteiger partial charge is 0.410 e. The van der Waals surface area contributed by atoms with E-state index in [2.05, 4.69) is 16.5 Å². The summed E-state index contributed by atoms with van der Waals surface area (Å²) >= 11 is 16.7. The molecule has 0 N–H and O–H groups in total. The number of halogens is 3. The summed E-state index contributed by atoms with van der Waals surface area (Å²) in [5, 5.41) is 0. The van der Waals surface area contributed by atoms with Crippen LogP contribution in [0.15, 0.2) is 6.33 Å². The van der Waals surface area contributed by atoms with E-state index in [9.17, 15) is 4.79 Å². The lowest BCUT2D eigenvalue weighted by Gasteiger charge is -2.27. The molecule has 1 aromatic heterocycles. The maximum Gasteiger partial charge on any atom is 0.410 e. The molecule has 0 aliphatic carbocycles. The van der Waals surface area contributed by atoms with Crippen LogP contribution in [0.2, 0.25) is 0 Å². The number of fused-ring (bicyclic) bond motifs is 1. The van der Waals surface area contributed by atoms with Gasteiger partial charge in [-0.05, 0) is 6.42 Å². The van der Waals surface area contributed by atoms with Gasteiger partial charge in [-0.25, -0.2) is 9.78 Å². The van der Waals surface area contributed by atoms with Gasteiger partial charge in [-0.3, -0.25) is 0 Å². The molecule has 5 nitrogen and oxygen atoms in total. The van der Waals surface area contributed by atoms with Crippen molar-refractivity contribution < 1.29 is 9.53 Å². The van der Waals surface area contributed by atoms with Crippen LogP contribution in [0, 0.1) is 0 Å². The first-order valence-corrected chi connectivity index (χ1v) is 7.55. The summed E-state index contributed by atoms with van der Waals surface area (Å²) in [5.74, 6) is 0. The quantitative estimate of drug-likeness (QED) is 0.794. The molecule has 1 aliphatic heterocycles. The van der Waals surface area contributed by atoms with Crippen LogP contribution in [0.4, 0.5) is 4.79 Å². The van der Waals surface area contributed by atoms with Crippen LogP contribution >= 0.6 is 34.8 Å². The van der Waals surface area contributed by atoms with Crippen LogP contribution in [0.5, 0.6) is 0 Å². The number of hydrogen-bond acceptors (Lipinski definition) is 3. The lowest BCUT2D eigenvalue weighted by atomic mass is 10.1. The van der Waals surface area contributed by atoms with Crippen molar-refractivity contribution in [1.82, 2.24) is 14.5 Å². The molecule has 0 atom stereocenters. The first-order valence-electron chi connectivity index (χ1n) is 6.42. The minimum Gasteiger partial charge on any atom is -0.445 e. The van der Waals surface area contributed by atoms with E-state index >= 15 is 0 Å². The highest BCUT2D eigenvalue weighted by molar-refractivity contribution is 6.67. The summed E-state index contributed by atoms with van der Waals surface area (Å²) in [6, 6.07) is 0. The zero-order valence-electron chi connectivity index (χ0n) is 11.1. The number of alkyl halides is 3. The van der Waals surface area contributed by atoms with Crippen molar-refractivity contribution in [2.45, 2.75) is 36.6 Å². The van der Waals surface area contributed by atoms with Gasteiger partial charge < -0.3 is 14.2 Å². The second-order valence-corrected chi connectivity index (χ2v) is 7.19. The highest BCUT2D eigenvalue weighted by atomic mass is 35.6. The van der Waals surface area contributed by atoms with Crippen LogP contribution in [0.3, 0.4) is 0 Å². The van der Waals surface area contributed by atoms with Gasteiger partial charge in [0.05, 0.1) is 18.6 Å². The number of carbonyl (C=O) groups is 1. The van der Waals surface area contributed by atoms with Crippen molar-refractivity contribution >= 4 is 40.9 Å². The van der Waals surface area contributed by atoms with Crippen molar-refractivity contribution in [3.63, 3.8) is 0 Å². The normalized spacial score (nSPS) is 15.1. The van der Waals surface area contributed by atoms with Crippen molar-refractivity contribution in [2.75, 3.05) is 13.2 Å². The van der Waals surface area contributed by atoms with Crippen LogP contribution < -0.4 is 0 Å². The Morgan fingerprint density at radius 2 is 2.25 bits per heavy atom. The Hall–Kier alpha value is -0.650. The molecule has 0 bridgehead atoms. The molecular formula is C12H16Cl3N3O2. The van der Waals surface area contributed by atoms with Crippen molar-refractivity contribution in [1.29, 1.82) is 0 Å². The summed E-state index contributed by atoms with van der Waals surface area (Å²) < 4.78 is 5.53. The fourth-order valence-corrected chi connectivity index (χ4v) is 2.36. The van der Waals surface area contributed by atoms with Gasteiger partial charge >= 0.3 is 6.09 Å². The Balaban J connectivity index is 1.95. The molecule has 1 amide bonds. The average Bonchev–Trinajstić information content (AvgIpc) is 2.78. The van der Waals surface area contributed by atoms with Crippen LogP contribution in [0.1, 0.15) is 24.7 Å². The van der Waals surface area contributed by atoms with E-state index in [0.717, 1.165) is 25.1 Å². The maximum absolute atomic E-state index is 11.9. The summed E-state index contributed by atoms with van der Waals surface area (Å²) in [6.45, 7) is 3.83. The molecule has 2 heterocycles. The Morgan fingerprint density at radius 3 is 2.90 bits per heavy atom. The van der Waals surface area contributed by atoms with Crippen molar-refractivity contribution in [2.24, 2.45) is 0 Å². The van der Waals surface area contributed by atoms with Gasteiger partial charge in [-0.2, -0.15) is 0 Å². The number of rotatable bonds is 3. The lowest BCUT2D eigenvalue weighted by molar-refractivity contribution is 0.0986. The zero-order valence-corrected chi connectivity index (χ0v) is 13.4. The largest absolute Gasteiger partial charge is 0.445 e. The third kappa shape index (κ3) is 3.93. The molecule has 0 saturated carbocycles. The van der Waals surface area contributed by atoms with Gasteiger partial charge in [0.15, 0.2) is 0 Å². The molecule has 1 aromatic rings.